The molecule has 0 aromatic rings. The number of carbonyl (C=O) groups is 3. The lowest BCUT2D eigenvalue weighted by Gasteiger charge is -2.41. The van der Waals surface area contributed by atoms with Crippen molar-refractivity contribution in [2.75, 3.05) is 26.3 Å². The highest BCUT2D eigenvalue weighted by Crippen LogP contribution is 2.65. The van der Waals surface area contributed by atoms with E-state index in [9.17, 15) is 19.5 Å². The average Bonchev–Trinajstić information content (AvgIpc) is 3.56. The van der Waals surface area contributed by atoms with Crippen molar-refractivity contribution in [2.45, 2.75) is 115 Å². The summed E-state index contributed by atoms with van der Waals surface area (Å²) in [5, 5.41) is 10.5. The van der Waals surface area contributed by atoms with E-state index in [0.717, 1.165) is 44.9 Å². The van der Waals surface area contributed by atoms with Crippen molar-refractivity contribution in [1.29, 1.82) is 0 Å². The van der Waals surface area contributed by atoms with Crippen molar-refractivity contribution in [1.82, 2.24) is 9.80 Å². The van der Waals surface area contributed by atoms with Crippen molar-refractivity contribution < 1.29 is 29.0 Å². The molecule has 0 saturated carbocycles. The predicted molar refractivity (Wildman–Crippen MR) is 155 cm³/mol. The van der Waals surface area contributed by atoms with Gasteiger partial charge in [-0.3, -0.25) is 14.4 Å². The van der Waals surface area contributed by atoms with Crippen LogP contribution in [0.25, 0.3) is 0 Å². The Labute approximate surface area is 241 Å². The lowest BCUT2D eigenvalue weighted by molar-refractivity contribution is -0.164. The molecule has 8 heteroatoms. The molecular formula is C32H52N2O6. The lowest BCUT2D eigenvalue weighted by Crippen LogP contribution is -2.60. The molecule has 0 aromatic heterocycles. The Morgan fingerprint density at radius 2 is 1.93 bits per heavy atom. The van der Waals surface area contributed by atoms with Gasteiger partial charge in [0, 0.05) is 13.1 Å². The van der Waals surface area contributed by atoms with E-state index in [4.69, 9.17) is 9.47 Å². The summed E-state index contributed by atoms with van der Waals surface area (Å²) in [7, 11) is 0. The van der Waals surface area contributed by atoms with E-state index in [-0.39, 0.29) is 30.9 Å². The molecule has 3 heterocycles. The molecule has 0 aliphatic carbocycles. The fourth-order valence-electron chi connectivity index (χ4n) is 7.29. The Bertz CT molecular complexity index is 923. The molecule has 3 aliphatic rings. The summed E-state index contributed by atoms with van der Waals surface area (Å²) in [5.41, 5.74) is -1.96. The number of fused-ring (bicyclic) bond motifs is 1. The van der Waals surface area contributed by atoms with Gasteiger partial charge in [0.1, 0.15) is 17.6 Å². The number of aliphatic hydroxyl groups is 1. The van der Waals surface area contributed by atoms with Gasteiger partial charge in [-0.05, 0) is 50.9 Å². The molecule has 1 spiro atoms. The summed E-state index contributed by atoms with van der Waals surface area (Å²) in [5.74, 6) is -2.49. The summed E-state index contributed by atoms with van der Waals surface area (Å²) in [6.45, 7) is 16.6. The summed E-state index contributed by atoms with van der Waals surface area (Å²) >= 11 is 0. The van der Waals surface area contributed by atoms with Crippen LogP contribution in [-0.2, 0) is 23.9 Å². The fraction of sp³-hybridized carbons (Fsp3) is 0.781. The van der Waals surface area contributed by atoms with Gasteiger partial charge < -0.3 is 24.4 Å². The number of ether oxygens (including phenoxy) is 2. The van der Waals surface area contributed by atoms with Gasteiger partial charge in [-0.15, -0.1) is 13.2 Å². The van der Waals surface area contributed by atoms with Crippen molar-refractivity contribution >= 4 is 17.8 Å². The highest BCUT2D eigenvalue weighted by atomic mass is 16.6. The Balaban J connectivity index is 2.04. The van der Waals surface area contributed by atoms with Crippen LogP contribution < -0.4 is 0 Å². The second-order valence-electron chi connectivity index (χ2n) is 11.9. The van der Waals surface area contributed by atoms with E-state index in [2.05, 4.69) is 20.1 Å². The minimum absolute atomic E-state index is 0.0416. The highest BCUT2D eigenvalue weighted by molar-refractivity contribution is 5.98. The van der Waals surface area contributed by atoms with E-state index < -0.39 is 41.1 Å². The first-order valence-electron chi connectivity index (χ1n) is 15.5. The van der Waals surface area contributed by atoms with Gasteiger partial charge in [0.2, 0.25) is 11.8 Å². The first-order chi connectivity index (χ1) is 19.2. The zero-order chi connectivity index (χ0) is 29.5. The van der Waals surface area contributed by atoms with Crippen LogP contribution in [0.5, 0.6) is 0 Å². The number of likely N-dealkylation sites (tertiary alicyclic amines) is 1. The maximum atomic E-state index is 14.5. The van der Waals surface area contributed by atoms with Crippen LogP contribution in [0.4, 0.5) is 0 Å². The lowest BCUT2D eigenvalue weighted by atomic mass is 9.65. The maximum Gasteiger partial charge on any atom is 0.312 e. The molecule has 7 atom stereocenters. The van der Waals surface area contributed by atoms with Gasteiger partial charge in [0.25, 0.3) is 0 Å². The van der Waals surface area contributed by atoms with E-state index in [1.165, 1.54) is 0 Å². The van der Waals surface area contributed by atoms with Crippen molar-refractivity contribution in [3.8, 4) is 0 Å². The van der Waals surface area contributed by atoms with Gasteiger partial charge in [-0.1, -0.05) is 59.1 Å². The number of nitrogens with zero attached hydrogens (tertiary/aromatic N) is 2. The van der Waals surface area contributed by atoms with Crippen LogP contribution in [0.1, 0.15) is 91.9 Å². The number of hydrogen-bond acceptors (Lipinski definition) is 6. The van der Waals surface area contributed by atoms with E-state index in [1.54, 1.807) is 15.9 Å². The Kier molecular flexibility index (Phi) is 11.4. The Morgan fingerprint density at radius 3 is 2.52 bits per heavy atom. The molecule has 3 rings (SSSR count). The molecule has 226 valence electrons. The van der Waals surface area contributed by atoms with Crippen LogP contribution in [-0.4, -0.2) is 82.3 Å². The largest absolute Gasteiger partial charge is 0.465 e. The van der Waals surface area contributed by atoms with Crippen molar-refractivity contribution in [2.24, 2.45) is 17.8 Å². The number of aliphatic hydroxyl groups excluding tert-OH is 1. The van der Waals surface area contributed by atoms with Gasteiger partial charge in [0.15, 0.2) is 0 Å². The van der Waals surface area contributed by atoms with Gasteiger partial charge in [0.05, 0.1) is 30.8 Å². The number of amides is 2. The summed E-state index contributed by atoms with van der Waals surface area (Å²) in [6, 6.07) is -1.46. The zero-order valence-corrected chi connectivity index (χ0v) is 25.2. The monoisotopic (exact) mass is 560 g/mol. The molecular weight excluding hydrogens is 508 g/mol. The second kappa shape index (κ2) is 14.1. The summed E-state index contributed by atoms with van der Waals surface area (Å²) in [6.07, 6.45) is 11.3. The van der Waals surface area contributed by atoms with E-state index >= 15 is 0 Å². The number of hydrogen-bond donors (Lipinski definition) is 1. The van der Waals surface area contributed by atoms with Crippen LogP contribution in [0.3, 0.4) is 0 Å². The fourth-order valence-corrected chi connectivity index (χ4v) is 7.29. The van der Waals surface area contributed by atoms with Gasteiger partial charge in [-0.2, -0.15) is 0 Å². The molecule has 2 amide bonds. The quantitative estimate of drug-likeness (QED) is 0.149. The average molecular weight is 561 g/mol. The zero-order valence-electron chi connectivity index (χ0n) is 25.2. The number of rotatable bonds is 18. The number of carbonyl (C=O) groups excluding carboxylic acids is 3. The smallest absolute Gasteiger partial charge is 0.312 e. The van der Waals surface area contributed by atoms with Crippen molar-refractivity contribution in [3.05, 3.63) is 25.3 Å². The van der Waals surface area contributed by atoms with Crippen LogP contribution >= 0.6 is 0 Å². The maximum absolute atomic E-state index is 14.5. The minimum Gasteiger partial charge on any atom is -0.465 e. The predicted octanol–water partition coefficient (Wildman–Crippen LogP) is 4.65. The molecule has 3 aliphatic heterocycles. The van der Waals surface area contributed by atoms with Crippen LogP contribution in [0.2, 0.25) is 0 Å². The number of unbranched alkanes of at least 4 members (excludes halogenated alkanes) is 4. The third-order valence-electron chi connectivity index (χ3n) is 9.69. The molecule has 0 aromatic carbocycles. The van der Waals surface area contributed by atoms with E-state index in [1.807, 2.05) is 26.8 Å². The third-order valence-corrected chi connectivity index (χ3v) is 9.69. The Morgan fingerprint density at radius 1 is 1.18 bits per heavy atom. The minimum atomic E-state index is -1.12. The SMILES string of the molecule is C=CCCCCOC(=O)[C@@H]1[C@H]2C(=O)N([C@@H](CO)[C@@H](C)CC)C(C(=O)N(CC=C)CCCCC)C23CC[C@@]1(CC)O3. The summed E-state index contributed by atoms with van der Waals surface area (Å²) < 4.78 is 12.6. The van der Waals surface area contributed by atoms with Crippen molar-refractivity contribution in [3.63, 3.8) is 0 Å². The standard InChI is InChI=1S/C32H52N2O6/c1-7-12-14-16-21-39-30(38)26-25-28(36)34(24(22-35)23(6)10-4)27(32(25)18-17-31(26,11-5)40-32)29(37)33(19-9-3)20-15-13-8-2/h7,9,23-27,35H,1,3,8,10-22H2,2,4-6H3/t23-,24-,25-,26-,27?,31+,32?/m0/s1. The van der Waals surface area contributed by atoms with Crippen LogP contribution in [0.15, 0.2) is 25.3 Å². The number of allylic oxidation sites excluding steroid dienone is 1. The molecule has 0 radical (unpaired) electrons. The van der Waals surface area contributed by atoms with E-state index in [0.29, 0.717) is 32.4 Å². The molecule has 2 unspecified atom stereocenters. The number of esters is 1. The first kappa shape index (κ1) is 32.3. The second-order valence-corrected chi connectivity index (χ2v) is 11.9. The van der Waals surface area contributed by atoms with Gasteiger partial charge >= 0.3 is 5.97 Å². The highest BCUT2D eigenvalue weighted by Gasteiger charge is 2.79. The third kappa shape index (κ3) is 5.76. The molecule has 1 N–H and O–H groups in total. The molecule has 8 nitrogen and oxygen atoms in total. The normalized spacial score (nSPS) is 30.2. The first-order valence-corrected chi connectivity index (χ1v) is 15.5. The van der Waals surface area contributed by atoms with Crippen LogP contribution in [0, 0.1) is 17.8 Å². The van der Waals surface area contributed by atoms with Gasteiger partial charge in [-0.25, -0.2) is 0 Å². The Hall–Kier alpha value is -2.19. The molecule has 2 bridgehead atoms. The summed E-state index contributed by atoms with van der Waals surface area (Å²) in [4.78, 5) is 46.0. The molecule has 40 heavy (non-hydrogen) atoms. The molecule has 3 saturated heterocycles. The topological polar surface area (TPSA) is 96.4 Å². The molecule has 3 fully saturated rings.